The second-order valence-corrected chi connectivity index (χ2v) is 9.62. The van der Waals surface area contributed by atoms with Crippen LogP contribution in [-0.4, -0.2) is 30.3 Å². The molecule has 0 bridgehead atoms. The number of aliphatic hydroxyl groups is 1. The molecule has 0 unspecified atom stereocenters. The second kappa shape index (κ2) is 14.5. The Hall–Kier alpha value is -4.82. The maximum Gasteiger partial charge on any atom is 0.412 e. The number of carbonyl (C=O) groups is 2. The summed E-state index contributed by atoms with van der Waals surface area (Å²) in [5.74, 6) is 0.122. The number of allylic oxidation sites excluding steroid dienone is 1. The molecule has 0 aliphatic carbocycles. The molecule has 8 heteroatoms. The zero-order valence-corrected chi connectivity index (χ0v) is 23.0. The average Bonchev–Trinajstić information content (AvgIpc) is 2.98. The molecular weight excluding hydrogens is 518 g/mol. The number of para-hydroxylation sites is 3. The maximum absolute atomic E-state index is 13.2. The predicted octanol–water partition coefficient (Wildman–Crippen LogP) is 6.69. The molecule has 0 fully saturated rings. The normalized spacial score (nSPS) is 12.5. The van der Waals surface area contributed by atoms with Crippen molar-refractivity contribution in [3.05, 3.63) is 109 Å². The minimum Gasteiger partial charge on any atom is -0.491 e. The number of hydrogen-bond donors (Lipinski definition) is 4. The number of nitrogens with two attached hydrogens (primary N) is 1. The maximum atomic E-state index is 13.2. The van der Waals surface area contributed by atoms with E-state index in [9.17, 15) is 14.7 Å². The van der Waals surface area contributed by atoms with Gasteiger partial charge in [0, 0.05) is 10.9 Å². The molecule has 5 N–H and O–H groups in total. The number of nitrogens with one attached hydrogen (secondary N) is 2. The summed E-state index contributed by atoms with van der Waals surface area (Å²) in [6, 6.07) is 27.9. The zero-order chi connectivity index (χ0) is 29.0. The van der Waals surface area contributed by atoms with Crippen molar-refractivity contribution in [2.24, 2.45) is 5.92 Å². The lowest BCUT2D eigenvalue weighted by Gasteiger charge is -2.26. The van der Waals surface area contributed by atoms with Crippen LogP contribution in [0.3, 0.4) is 0 Å². The lowest BCUT2D eigenvalue weighted by atomic mass is 9.92. The van der Waals surface area contributed by atoms with E-state index in [4.69, 9.17) is 15.2 Å². The Morgan fingerprint density at radius 1 is 0.902 bits per heavy atom. The first kappa shape index (κ1) is 29.2. The van der Waals surface area contributed by atoms with Crippen LogP contribution in [0.1, 0.15) is 31.4 Å². The van der Waals surface area contributed by atoms with Crippen molar-refractivity contribution in [1.82, 2.24) is 0 Å². The molecule has 0 saturated heterocycles. The first-order valence-corrected chi connectivity index (χ1v) is 13.6. The lowest BCUT2D eigenvalue weighted by Crippen LogP contribution is -2.23. The van der Waals surface area contributed by atoms with Crippen LogP contribution >= 0.6 is 0 Å². The van der Waals surface area contributed by atoms with Crippen molar-refractivity contribution in [3.8, 4) is 5.75 Å². The third-order valence-electron chi connectivity index (χ3n) is 6.63. The topological polar surface area (TPSA) is 123 Å². The van der Waals surface area contributed by atoms with Gasteiger partial charge < -0.3 is 25.6 Å². The summed E-state index contributed by atoms with van der Waals surface area (Å²) >= 11 is 0. The second-order valence-electron chi connectivity index (χ2n) is 9.62. The molecule has 0 radical (unpaired) electrons. The van der Waals surface area contributed by atoms with E-state index in [0.29, 0.717) is 41.2 Å². The van der Waals surface area contributed by atoms with E-state index >= 15 is 0 Å². The Balaban J connectivity index is 1.47. The Bertz CT molecular complexity index is 1500. The monoisotopic (exact) mass is 553 g/mol. The van der Waals surface area contributed by atoms with E-state index in [2.05, 4.69) is 10.6 Å². The summed E-state index contributed by atoms with van der Waals surface area (Å²) in [5.41, 5.74) is 8.30. The van der Waals surface area contributed by atoms with Gasteiger partial charge >= 0.3 is 6.09 Å². The predicted molar refractivity (Wildman–Crippen MR) is 163 cm³/mol. The Kier molecular flexibility index (Phi) is 10.3. The largest absolute Gasteiger partial charge is 0.491 e. The van der Waals surface area contributed by atoms with E-state index < -0.39 is 12.2 Å². The number of amides is 2. The van der Waals surface area contributed by atoms with E-state index in [-0.39, 0.29) is 25.0 Å². The molecule has 4 aromatic carbocycles. The van der Waals surface area contributed by atoms with Gasteiger partial charge in [-0.2, -0.15) is 0 Å². The molecule has 2 atom stereocenters. The molecule has 41 heavy (non-hydrogen) atoms. The first-order valence-electron chi connectivity index (χ1n) is 13.6. The number of hydrogen-bond acceptors (Lipinski definition) is 6. The van der Waals surface area contributed by atoms with Crippen LogP contribution in [0.15, 0.2) is 103 Å². The molecule has 4 rings (SSSR count). The van der Waals surface area contributed by atoms with Crippen molar-refractivity contribution < 1.29 is 24.2 Å². The Morgan fingerprint density at radius 2 is 1.61 bits per heavy atom. The van der Waals surface area contributed by atoms with Crippen LogP contribution in [0.4, 0.5) is 21.9 Å². The molecule has 0 heterocycles. The number of nitrogen functional groups attached to an aromatic ring is 1. The van der Waals surface area contributed by atoms with E-state index in [1.807, 2.05) is 67.6 Å². The molecule has 212 valence electrons. The van der Waals surface area contributed by atoms with Crippen molar-refractivity contribution in [2.75, 3.05) is 29.6 Å². The summed E-state index contributed by atoms with van der Waals surface area (Å²) in [6.07, 6.45) is 3.21. The highest BCUT2D eigenvalue weighted by atomic mass is 16.6. The van der Waals surface area contributed by atoms with Crippen LogP contribution in [0.5, 0.6) is 5.75 Å². The van der Waals surface area contributed by atoms with E-state index in [1.54, 1.807) is 36.4 Å². The summed E-state index contributed by atoms with van der Waals surface area (Å²) in [5, 5.41) is 16.9. The SMILES string of the molecule is C[C@H](CC/C=C/C(=O)Nc1ccccc1N)[C@H](OC(=O)Nc1cccc2ccccc12)c1ccccc1OCCO. The van der Waals surface area contributed by atoms with Crippen LogP contribution in [-0.2, 0) is 9.53 Å². The number of rotatable bonds is 12. The third-order valence-corrected chi connectivity index (χ3v) is 6.63. The van der Waals surface area contributed by atoms with Crippen molar-refractivity contribution in [3.63, 3.8) is 0 Å². The quantitative estimate of drug-likeness (QED) is 0.114. The van der Waals surface area contributed by atoms with Crippen LogP contribution in [0.2, 0.25) is 0 Å². The van der Waals surface area contributed by atoms with Gasteiger partial charge in [0.05, 0.1) is 23.7 Å². The van der Waals surface area contributed by atoms with Gasteiger partial charge in [0.25, 0.3) is 0 Å². The number of carbonyl (C=O) groups excluding carboxylic acids is 2. The highest BCUT2D eigenvalue weighted by Crippen LogP contribution is 2.36. The minimum absolute atomic E-state index is 0.115. The number of ether oxygens (including phenoxy) is 2. The van der Waals surface area contributed by atoms with Gasteiger partial charge in [0.1, 0.15) is 18.5 Å². The van der Waals surface area contributed by atoms with Gasteiger partial charge in [0.2, 0.25) is 5.91 Å². The highest BCUT2D eigenvalue weighted by molar-refractivity contribution is 6.01. The number of aliphatic hydroxyl groups excluding tert-OH is 1. The summed E-state index contributed by atoms with van der Waals surface area (Å²) in [4.78, 5) is 25.6. The Morgan fingerprint density at radius 3 is 2.44 bits per heavy atom. The van der Waals surface area contributed by atoms with Gasteiger partial charge in [-0.25, -0.2) is 4.79 Å². The summed E-state index contributed by atoms with van der Waals surface area (Å²) in [6.45, 7) is 1.96. The number of fused-ring (bicyclic) bond motifs is 1. The number of anilines is 3. The minimum atomic E-state index is -0.647. The standard InChI is InChI=1S/C33H35N3O5/c1-23(11-2-9-20-31(38)35-29-17-7-6-16-27(29)34)32(26-15-5-8-19-30(26)40-22-21-37)41-33(39)36-28-18-10-13-24-12-3-4-14-25(24)28/h3-10,12-20,23,32,37H,2,11,21-22,34H2,1H3,(H,35,38)(H,36,39)/b20-9+/t23-,32+/m1/s1. The highest BCUT2D eigenvalue weighted by Gasteiger charge is 2.26. The fourth-order valence-corrected chi connectivity index (χ4v) is 4.56. The van der Waals surface area contributed by atoms with Gasteiger partial charge in [-0.05, 0) is 54.5 Å². The molecule has 0 aliphatic heterocycles. The molecule has 8 nitrogen and oxygen atoms in total. The Labute approximate surface area is 239 Å². The third kappa shape index (κ3) is 8.09. The van der Waals surface area contributed by atoms with Gasteiger partial charge in [-0.15, -0.1) is 0 Å². The number of benzene rings is 4. The van der Waals surface area contributed by atoms with Crippen LogP contribution < -0.4 is 21.1 Å². The zero-order valence-electron chi connectivity index (χ0n) is 23.0. The summed E-state index contributed by atoms with van der Waals surface area (Å²) < 4.78 is 11.8. The molecule has 0 saturated carbocycles. The average molecular weight is 554 g/mol. The van der Waals surface area contributed by atoms with Crippen molar-refractivity contribution >= 4 is 39.8 Å². The first-order chi connectivity index (χ1) is 20.0. The summed E-state index contributed by atoms with van der Waals surface area (Å²) in [7, 11) is 0. The van der Waals surface area contributed by atoms with Crippen LogP contribution in [0.25, 0.3) is 10.8 Å². The van der Waals surface area contributed by atoms with Gasteiger partial charge in [0.15, 0.2) is 0 Å². The van der Waals surface area contributed by atoms with Gasteiger partial charge in [-0.3, -0.25) is 10.1 Å². The molecule has 0 aliphatic rings. The molecule has 2 amide bonds. The van der Waals surface area contributed by atoms with Crippen molar-refractivity contribution in [1.29, 1.82) is 0 Å². The van der Waals surface area contributed by atoms with Crippen LogP contribution in [0, 0.1) is 5.92 Å². The molecule has 0 spiro atoms. The fraction of sp³-hybridized carbons (Fsp3) is 0.212. The van der Waals surface area contributed by atoms with Gasteiger partial charge in [-0.1, -0.05) is 79.7 Å². The van der Waals surface area contributed by atoms with Crippen molar-refractivity contribution in [2.45, 2.75) is 25.9 Å². The van der Waals surface area contributed by atoms with E-state index in [1.165, 1.54) is 6.08 Å². The molecule has 4 aromatic rings. The van der Waals surface area contributed by atoms with E-state index in [0.717, 1.165) is 10.8 Å². The fourth-order valence-electron chi connectivity index (χ4n) is 4.56. The smallest absolute Gasteiger partial charge is 0.412 e. The molecular formula is C33H35N3O5. The lowest BCUT2D eigenvalue weighted by molar-refractivity contribution is -0.111. The molecule has 0 aromatic heterocycles.